The minimum atomic E-state index is -0.286. The zero-order valence-corrected chi connectivity index (χ0v) is 10.7. The van der Waals surface area contributed by atoms with Crippen LogP contribution in [0.15, 0.2) is 30.9 Å². The van der Waals surface area contributed by atoms with E-state index in [1.54, 1.807) is 0 Å². The van der Waals surface area contributed by atoms with E-state index in [4.69, 9.17) is 4.74 Å². The number of aromatic nitrogens is 1. The molecule has 0 aliphatic rings. The molecule has 1 aromatic carbocycles. The molecular formula is C15H17NO2. The Morgan fingerprint density at radius 2 is 2.28 bits per heavy atom. The summed E-state index contributed by atoms with van der Waals surface area (Å²) in [5.74, 6) is -0.286. The lowest BCUT2D eigenvalue weighted by atomic mass is 10.1. The normalized spacial score (nSPS) is 10.6. The minimum absolute atomic E-state index is 0.286. The quantitative estimate of drug-likeness (QED) is 0.660. The van der Waals surface area contributed by atoms with E-state index in [-0.39, 0.29) is 5.97 Å². The fraction of sp³-hybridized carbons (Fsp3) is 0.267. The molecule has 94 valence electrons. The highest BCUT2D eigenvalue weighted by Gasteiger charge is 2.18. The molecule has 0 spiro atoms. The molecule has 0 amide bonds. The van der Waals surface area contributed by atoms with E-state index in [2.05, 4.69) is 11.6 Å². The van der Waals surface area contributed by atoms with Crippen molar-refractivity contribution in [1.82, 2.24) is 4.98 Å². The molecule has 0 radical (unpaired) electrons. The smallest absolute Gasteiger partial charge is 0.340 e. The standard InChI is InChI=1S/C15H17NO2/c1-4-5-6-13-14(15(17)18-3)11-9-10(2)7-8-12(11)16-13/h4,7-9,16H,1,5-6H2,2-3H3. The maximum atomic E-state index is 11.9. The van der Waals surface area contributed by atoms with Crippen LogP contribution in [0.3, 0.4) is 0 Å². The first-order valence-corrected chi connectivity index (χ1v) is 5.97. The van der Waals surface area contributed by atoms with E-state index in [0.29, 0.717) is 5.56 Å². The van der Waals surface area contributed by atoms with Crippen molar-refractivity contribution >= 4 is 16.9 Å². The van der Waals surface area contributed by atoms with Gasteiger partial charge in [0.1, 0.15) is 0 Å². The van der Waals surface area contributed by atoms with Crippen molar-refractivity contribution in [1.29, 1.82) is 0 Å². The lowest BCUT2D eigenvalue weighted by molar-refractivity contribution is 0.0602. The number of esters is 1. The van der Waals surface area contributed by atoms with E-state index in [1.807, 2.05) is 31.2 Å². The topological polar surface area (TPSA) is 42.1 Å². The summed E-state index contributed by atoms with van der Waals surface area (Å²) in [5.41, 5.74) is 3.67. The lowest BCUT2D eigenvalue weighted by Crippen LogP contribution is -2.04. The van der Waals surface area contributed by atoms with Gasteiger partial charge in [0.25, 0.3) is 0 Å². The maximum absolute atomic E-state index is 11.9. The molecule has 0 aliphatic carbocycles. The van der Waals surface area contributed by atoms with Crippen LogP contribution in [0.25, 0.3) is 10.9 Å². The highest BCUT2D eigenvalue weighted by atomic mass is 16.5. The molecule has 18 heavy (non-hydrogen) atoms. The van der Waals surface area contributed by atoms with Crippen LogP contribution in [0.5, 0.6) is 0 Å². The first-order chi connectivity index (χ1) is 8.67. The second-order valence-electron chi connectivity index (χ2n) is 4.35. The van der Waals surface area contributed by atoms with E-state index >= 15 is 0 Å². The minimum Gasteiger partial charge on any atom is -0.465 e. The summed E-state index contributed by atoms with van der Waals surface area (Å²) in [7, 11) is 1.41. The molecule has 1 aromatic heterocycles. The largest absolute Gasteiger partial charge is 0.465 e. The fourth-order valence-corrected chi connectivity index (χ4v) is 2.13. The van der Waals surface area contributed by atoms with Crippen molar-refractivity contribution in [3.63, 3.8) is 0 Å². The molecule has 0 aliphatic heterocycles. The third-order valence-corrected chi connectivity index (χ3v) is 3.02. The second-order valence-corrected chi connectivity index (χ2v) is 4.35. The zero-order chi connectivity index (χ0) is 13.1. The van der Waals surface area contributed by atoms with Crippen molar-refractivity contribution in [2.24, 2.45) is 0 Å². The average Bonchev–Trinajstić information content (AvgIpc) is 2.73. The SMILES string of the molecule is C=CCCc1[nH]c2ccc(C)cc2c1C(=O)OC. The van der Waals surface area contributed by atoms with Crippen LogP contribution < -0.4 is 0 Å². The Hall–Kier alpha value is -2.03. The number of nitrogens with one attached hydrogen (secondary N) is 1. The fourth-order valence-electron chi connectivity index (χ4n) is 2.13. The molecule has 1 heterocycles. The summed E-state index contributed by atoms with van der Waals surface area (Å²) in [5, 5.41) is 0.931. The molecule has 0 saturated carbocycles. The number of aromatic amines is 1. The summed E-state index contributed by atoms with van der Waals surface area (Å²) in [6.07, 6.45) is 3.44. The first kappa shape index (κ1) is 12.4. The summed E-state index contributed by atoms with van der Waals surface area (Å²) >= 11 is 0. The molecule has 3 heteroatoms. The van der Waals surface area contributed by atoms with E-state index < -0.39 is 0 Å². The van der Waals surface area contributed by atoms with Gasteiger partial charge in [-0.3, -0.25) is 0 Å². The Labute approximate surface area is 106 Å². The number of benzene rings is 1. The van der Waals surface area contributed by atoms with Crippen LogP contribution in [-0.4, -0.2) is 18.1 Å². The van der Waals surface area contributed by atoms with E-state index in [9.17, 15) is 4.79 Å². The molecular weight excluding hydrogens is 226 g/mol. The highest BCUT2D eigenvalue weighted by Crippen LogP contribution is 2.25. The van der Waals surface area contributed by atoms with Gasteiger partial charge in [-0.1, -0.05) is 17.7 Å². The van der Waals surface area contributed by atoms with Gasteiger partial charge >= 0.3 is 5.97 Å². The van der Waals surface area contributed by atoms with Gasteiger partial charge in [0.15, 0.2) is 0 Å². The molecule has 0 bridgehead atoms. The molecule has 1 N–H and O–H groups in total. The Morgan fingerprint density at radius 3 is 2.94 bits per heavy atom. The van der Waals surface area contributed by atoms with Crippen LogP contribution >= 0.6 is 0 Å². The number of aryl methyl sites for hydroxylation is 2. The number of hydrogen-bond acceptors (Lipinski definition) is 2. The molecule has 0 fully saturated rings. The number of allylic oxidation sites excluding steroid dienone is 1. The van der Waals surface area contributed by atoms with Crippen molar-refractivity contribution < 1.29 is 9.53 Å². The Balaban J connectivity index is 2.61. The van der Waals surface area contributed by atoms with Crippen molar-refractivity contribution in [3.8, 4) is 0 Å². The van der Waals surface area contributed by atoms with Gasteiger partial charge in [-0.15, -0.1) is 6.58 Å². The summed E-state index contributed by atoms with van der Waals surface area (Å²) in [6.45, 7) is 5.72. The number of rotatable bonds is 4. The second kappa shape index (κ2) is 5.08. The van der Waals surface area contributed by atoms with Gasteiger partial charge in [-0.25, -0.2) is 4.79 Å². The van der Waals surface area contributed by atoms with Gasteiger partial charge < -0.3 is 9.72 Å². The van der Waals surface area contributed by atoms with Crippen LogP contribution in [0.2, 0.25) is 0 Å². The van der Waals surface area contributed by atoms with Crippen molar-refractivity contribution in [3.05, 3.63) is 47.7 Å². The maximum Gasteiger partial charge on any atom is 0.340 e. The Kier molecular flexibility index (Phi) is 3.51. The lowest BCUT2D eigenvalue weighted by Gasteiger charge is -2.01. The molecule has 3 nitrogen and oxygen atoms in total. The predicted octanol–water partition coefficient (Wildman–Crippen LogP) is 3.38. The van der Waals surface area contributed by atoms with Gasteiger partial charge in [0.05, 0.1) is 12.7 Å². The van der Waals surface area contributed by atoms with Crippen LogP contribution in [-0.2, 0) is 11.2 Å². The summed E-state index contributed by atoms with van der Waals surface area (Å²) in [6, 6.07) is 6.03. The molecule has 0 unspecified atom stereocenters. The molecule has 2 rings (SSSR count). The first-order valence-electron chi connectivity index (χ1n) is 5.97. The molecule has 0 saturated heterocycles. The van der Waals surface area contributed by atoms with Crippen LogP contribution in [0.4, 0.5) is 0 Å². The van der Waals surface area contributed by atoms with E-state index in [1.165, 1.54) is 7.11 Å². The monoisotopic (exact) mass is 243 g/mol. The predicted molar refractivity (Wildman–Crippen MR) is 72.9 cm³/mol. The van der Waals surface area contributed by atoms with Crippen molar-refractivity contribution in [2.45, 2.75) is 19.8 Å². The number of H-pyrrole nitrogens is 1. The number of hydrogen-bond donors (Lipinski definition) is 1. The van der Waals surface area contributed by atoms with Gasteiger partial charge in [0.2, 0.25) is 0 Å². The highest BCUT2D eigenvalue weighted by molar-refractivity contribution is 6.05. The number of methoxy groups -OCH3 is 1. The average molecular weight is 243 g/mol. The van der Waals surface area contributed by atoms with Crippen LogP contribution in [0.1, 0.15) is 28.0 Å². The number of carbonyl (C=O) groups is 1. The summed E-state index contributed by atoms with van der Waals surface area (Å²) < 4.78 is 4.88. The van der Waals surface area contributed by atoms with Gasteiger partial charge in [0, 0.05) is 16.6 Å². The van der Waals surface area contributed by atoms with E-state index in [0.717, 1.165) is 35.0 Å². The number of carbonyl (C=O) groups excluding carboxylic acids is 1. The van der Waals surface area contributed by atoms with Gasteiger partial charge in [-0.05, 0) is 31.9 Å². The van der Waals surface area contributed by atoms with Crippen LogP contribution in [0, 0.1) is 6.92 Å². The Bertz CT molecular complexity index is 596. The molecule has 0 atom stereocenters. The third-order valence-electron chi connectivity index (χ3n) is 3.02. The number of ether oxygens (including phenoxy) is 1. The number of fused-ring (bicyclic) bond motifs is 1. The van der Waals surface area contributed by atoms with Gasteiger partial charge in [-0.2, -0.15) is 0 Å². The summed E-state index contributed by atoms with van der Waals surface area (Å²) in [4.78, 5) is 15.2. The third kappa shape index (κ3) is 2.16. The van der Waals surface area contributed by atoms with Crippen molar-refractivity contribution in [2.75, 3.05) is 7.11 Å². The molecule has 2 aromatic rings. The zero-order valence-electron chi connectivity index (χ0n) is 10.7. The Morgan fingerprint density at radius 1 is 1.50 bits per heavy atom.